The van der Waals surface area contributed by atoms with E-state index >= 15 is 0 Å². The zero-order valence-electron chi connectivity index (χ0n) is 14.4. The molecule has 0 aliphatic heterocycles. The van der Waals surface area contributed by atoms with Crippen LogP contribution in [0.2, 0.25) is 0 Å². The van der Waals surface area contributed by atoms with E-state index in [1.165, 1.54) is 22.7 Å². The Hall–Kier alpha value is -3.70. The summed E-state index contributed by atoms with van der Waals surface area (Å²) >= 11 is 2.74. The van der Waals surface area contributed by atoms with Crippen LogP contribution in [-0.4, -0.2) is 20.7 Å². The van der Waals surface area contributed by atoms with E-state index in [1.54, 1.807) is 5.38 Å². The summed E-state index contributed by atoms with van der Waals surface area (Å²) in [5.41, 5.74) is 0.327. The Bertz CT molecular complexity index is 1210. The van der Waals surface area contributed by atoms with Crippen LogP contribution in [0.3, 0.4) is 0 Å². The summed E-state index contributed by atoms with van der Waals surface area (Å²) in [4.78, 5) is 37.7. The van der Waals surface area contributed by atoms with Crippen molar-refractivity contribution >= 4 is 55.2 Å². The van der Waals surface area contributed by atoms with Gasteiger partial charge in [0.1, 0.15) is 10.0 Å². The molecule has 9 nitrogen and oxygen atoms in total. The van der Waals surface area contributed by atoms with Gasteiger partial charge in [0.2, 0.25) is 0 Å². The minimum absolute atomic E-state index is 0.172. The van der Waals surface area contributed by atoms with Crippen molar-refractivity contribution in [2.45, 2.75) is 0 Å². The molecule has 0 aliphatic rings. The van der Waals surface area contributed by atoms with E-state index in [4.69, 9.17) is 0 Å². The van der Waals surface area contributed by atoms with E-state index in [0.717, 1.165) is 28.4 Å². The monoisotopic (exact) mass is 426 g/mol. The molecule has 4 rings (SSSR count). The van der Waals surface area contributed by atoms with Gasteiger partial charge in [-0.2, -0.15) is 0 Å². The second kappa shape index (κ2) is 7.37. The van der Waals surface area contributed by atoms with Gasteiger partial charge >= 0.3 is 0 Å². The van der Waals surface area contributed by atoms with Crippen molar-refractivity contribution in [2.75, 3.05) is 5.32 Å². The summed E-state index contributed by atoms with van der Waals surface area (Å²) in [6.07, 6.45) is 0. The van der Waals surface area contributed by atoms with Crippen molar-refractivity contribution in [3.63, 3.8) is 0 Å². The van der Waals surface area contributed by atoms with Gasteiger partial charge in [-0.05, 0) is 23.6 Å². The number of amides is 1. The number of thiazole rings is 1. The van der Waals surface area contributed by atoms with Gasteiger partial charge in [-0.25, -0.2) is 4.98 Å². The van der Waals surface area contributed by atoms with Crippen molar-refractivity contribution in [1.82, 2.24) is 4.98 Å². The van der Waals surface area contributed by atoms with E-state index in [9.17, 15) is 25.0 Å². The average molecular weight is 426 g/mol. The standard InChI is InChI=1S/C18H10N4O5S2/c23-16(10-7-11(21(24)25)9-12(8-10)22(26)27)20-17-13(5-6-28-17)18-19-14-3-1-2-4-15(14)29-18/h1-9H,(H,20,23). The summed E-state index contributed by atoms with van der Waals surface area (Å²) in [6, 6.07) is 12.3. The lowest BCUT2D eigenvalue weighted by Gasteiger charge is -2.05. The number of nitrogens with zero attached hydrogens (tertiary/aromatic N) is 3. The molecule has 29 heavy (non-hydrogen) atoms. The minimum atomic E-state index is -0.776. The number of benzene rings is 2. The van der Waals surface area contributed by atoms with Crippen LogP contribution in [0.1, 0.15) is 10.4 Å². The zero-order valence-corrected chi connectivity index (χ0v) is 16.0. The first-order chi connectivity index (χ1) is 13.9. The van der Waals surface area contributed by atoms with Gasteiger partial charge < -0.3 is 5.32 Å². The second-order valence-corrected chi connectivity index (χ2v) is 7.80. The second-order valence-electron chi connectivity index (χ2n) is 5.86. The number of rotatable bonds is 5. The molecule has 11 heteroatoms. The molecule has 0 atom stereocenters. The Morgan fingerprint density at radius 2 is 1.69 bits per heavy atom. The maximum atomic E-state index is 12.7. The lowest BCUT2D eigenvalue weighted by Crippen LogP contribution is -2.12. The van der Waals surface area contributed by atoms with Gasteiger partial charge in [0, 0.05) is 17.7 Å². The van der Waals surface area contributed by atoms with Crippen LogP contribution in [0.15, 0.2) is 53.9 Å². The largest absolute Gasteiger partial charge is 0.313 e. The maximum absolute atomic E-state index is 12.7. The molecule has 0 fully saturated rings. The molecule has 2 aromatic heterocycles. The third-order valence-corrected chi connectivity index (χ3v) is 5.90. The van der Waals surface area contributed by atoms with E-state index in [0.29, 0.717) is 15.6 Å². The summed E-state index contributed by atoms with van der Waals surface area (Å²) in [6.45, 7) is 0. The molecule has 0 unspecified atom stereocenters. The molecule has 0 aliphatic carbocycles. The summed E-state index contributed by atoms with van der Waals surface area (Å²) in [7, 11) is 0. The molecular formula is C18H10N4O5S2. The van der Waals surface area contributed by atoms with Crippen LogP contribution in [0, 0.1) is 20.2 Å². The summed E-state index contributed by atoms with van der Waals surface area (Å²) in [5.74, 6) is -0.679. The zero-order chi connectivity index (χ0) is 20.5. The number of anilines is 1. The number of carbonyl (C=O) groups excluding carboxylic acids is 1. The van der Waals surface area contributed by atoms with Gasteiger partial charge in [-0.1, -0.05) is 12.1 Å². The number of para-hydroxylation sites is 1. The van der Waals surface area contributed by atoms with Crippen LogP contribution in [0.25, 0.3) is 20.8 Å². The Labute approximate surface area is 170 Å². The predicted octanol–water partition coefficient (Wildman–Crippen LogP) is 5.09. The highest BCUT2D eigenvalue weighted by atomic mass is 32.1. The molecule has 0 radical (unpaired) electrons. The van der Waals surface area contributed by atoms with Gasteiger partial charge in [0.25, 0.3) is 17.3 Å². The van der Waals surface area contributed by atoms with E-state index < -0.39 is 27.1 Å². The number of hydrogen-bond donors (Lipinski definition) is 1. The Balaban J connectivity index is 1.67. The molecular weight excluding hydrogens is 416 g/mol. The summed E-state index contributed by atoms with van der Waals surface area (Å²) in [5, 5.41) is 27.8. The summed E-state index contributed by atoms with van der Waals surface area (Å²) < 4.78 is 1.00. The van der Waals surface area contributed by atoms with Crippen LogP contribution in [0.4, 0.5) is 16.4 Å². The van der Waals surface area contributed by atoms with Gasteiger partial charge in [0.15, 0.2) is 0 Å². The minimum Gasteiger partial charge on any atom is -0.313 e. The van der Waals surface area contributed by atoms with Crippen LogP contribution in [-0.2, 0) is 0 Å². The van der Waals surface area contributed by atoms with E-state index in [2.05, 4.69) is 10.3 Å². The van der Waals surface area contributed by atoms with Gasteiger partial charge in [-0.3, -0.25) is 25.0 Å². The fourth-order valence-corrected chi connectivity index (χ4v) is 4.52. The van der Waals surface area contributed by atoms with Crippen molar-refractivity contribution in [2.24, 2.45) is 0 Å². The van der Waals surface area contributed by atoms with Crippen molar-refractivity contribution in [1.29, 1.82) is 0 Å². The number of thiophene rings is 1. The van der Waals surface area contributed by atoms with Crippen molar-refractivity contribution in [3.8, 4) is 10.6 Å². The maximum Gasteiger partial charge on any atom is 0.277 e. The highest BCUT2D eigenvalue weighted by Gasteiger charge is 2.21. The number of fused-ring (bicyclic) bond motifs is 1. The van der Waals surface area contributed by atoms with Crippen molar-refractivity contribution < 1.29 is 14.6 Å². The van der Waals surface area contributed by atoms with Crippen molar-refractivity contribution in [3.05, 3.63) is 79.7 Å². The van der Waals surface area contributed by atoms with Crippen LogP contribution in [0.5, 0.6) is 0 Å². The molecule has 4 aromatic rings. The number of nitro groups is 2. The number of carbonyl (C=O) groups is 1. The highest BCUT2D eigenvalue weighted by Crippen LogP contribution is 2.38. The number of hydrogen-bond acceptors (Lipinski definition) is 8. The molecule has 0 saturated carbocycles. The molecule has 1 N–H and O–H groups in total. The molecule has 2 aromatic carbocycles. The van der Waals surface area contributed by atoms with Gasteiger partial charge in [-0.15, -0.1) is 22.7 Å². The SMILES string of the molecule is O=C(Nc1sccc1-c1nc2ccccc2s1)c1cc([N+](=O)[O-])cc([N+](=O)[O-])c1. The van der Waals surface area contributed by atoms with Gasteiger partial charge in [0.05, 0.1) is 31.7 Å². The molecule has 1 amide bonds. The highest BCUT2D eigenvalue weighted by molar-refractivity contribution is 7.22. The topological polar surface area (TPSA) is 128 Å². The average Bonchev–Trinajstić information content (AvgIpc) is 3.33. The van der Waals surface area contributed by atoms with E-state index in [-0.39, 0.29) is 5.56 Å². The molecule has 144 valence electrons. The molecule has 0 bridgehead atoms. The number of nitro benzene ring substituents is 2. The number of nitrogens with one attached hydrogen (secondary N) is 1. The fraction of sp³-hybridized carbons (Fsp3) is 0. The Kier molecular flexibility index (Phi) is 4.74. The first-order valence-electron chi connectivity index (χ1n) is 8.11. The van der Waals surface area contributed by atoms with E-state index in [1.807, 2.05) is 30.3 Å². The fourth-order valence-electron chi connectivity index (χ4n) is 2.67. The normalized spacial score (nSPS) is 10.8. The molecule has 0 spiro atoms. The lowest BCUT2D eigenvalue weighted by molar-refractivity contribution is -0.394. The number of non-ortho nitro benzene ring substituents is 2. The smallest absolute Gasteiger partial charge is 0.277 e. The first kappa shape index (κ1) is 18.7. The first-order valence-corrected chi connectivity index (χ1v) is 9.80. The number of aromatic nitrogens is 1. The molecule has 2 heterocycles. The Morgan fingerprint density at radius 3 is 2.34 bits per heavy atom. The van der Waals surface area contributed by atoms with Crippen LogP contribution < -0.4 is 5.32 Å². The third-order valence-electron chi connectivity index (χ3n) is 4.00. The van der Waals surface area contributed by atoms with Crippen LogP contribution >= 0.6 is 22.7 Å². The lowest BCUT2D eigenvalue weighted by atomic mass is 10.1. The predicted molar refractivity (Wildman–Crippen MR) is 111 cm³/mol. The Morgan fingerprint density at radius 1 is 1.00 bits per heavy atom. The quantitative estimate of drug-likeness (QED) is 0.349. The third kappa shape index (κ3) is 3.68. The molecule has 0 saturated heterocycles.